The molecule has 120 valence electrons. The van der Waals surface area contributed by atoms with Crippen LogP contribution in [0.25, 0.3) is 0 Å². The van der Waals surface area contributed by atoms with E-state index in [4.69, 9.17) is 21.1 Å². The summed E-state index contributed by atoms with van der Waals surface area (Å²) in [7, 11) is 1.65. The minimum Gasteiger partial charge on any atom is -0.493 e. The van der Waals surface area contributed by atoms with Crippen molar-refractivity contribution in [3.05, 3.63) is 22.7 Å². The van der Waals surface area contributed by atoms with Gasteiger partial charge < -0.3 is 14.8 Å². The quantitative estimate of drug-likeness (QED) is 0.637. The summed E-state index contributed by atoms with van der Waals surface area (Å²) in [4.78, 5) is 0. The Balaban J connectivity index is 2.66. The molecule has 0 aliphatic carbocycles. The summed E-state index contributed by atoms with van der Waals surface area (Å²) in [6, 6.07) is 3.94. The lowest BCUT2D eigenvalue weighted by Gasteiger charge is -2.15. The third-order valence-electron chi connectivity index (χ3n) is 3.22. The van der Waals surface area contributed by atoms with Gasteiger partial charge in [0.1, 0.15) is 0 Å². The summed E-state index contributed by atoms with van der Waals surface area (Å²) in [6.45, 7) is 9.03. The van der Waals surface area contributed by atoms with E-state index >= 15 is 0 Å². The second kappa shape index (κ2) is 9.91. The predicted molar refractivity (Wildman–Crippen MR) is 89.6 cm³/mol. The van der Waals surface area contributed by atoms with Crippen molar-refractivity contribution in [3.63, 3.8) is 0 Å². The fourth-order valence-corrected chi connectivity index (χ4v) is 2.38. The normalized spacial score (nSPS) is 11.0. The van der Waals surface area contributed by atoms with Crippen LogP contribution in [0.4, 0.5) is 0 Å². The van der Waals surface area contributed by atoms with Crippen molar-refractivity contribution in [3.8, 4) is 11.5 Å². The lowest BCUT2D eigenvalue weighted by Crippen LogP contribution is -2.14. The molecule has 0 spiro atoms. The molecule has 1 aromatic rings. The Labute approximate surface area is 134 Å². The van der Waals surface area contributed by atoms with Gasteiger partial charge in [-0.05, 0) is 49.4 Å². The van der Waals surface area contributed by atoms with Gasteiger partial charge in [-0.15, -0.1) is 0 Å². The Morgan fingerprint density at radius 1 is 1.29 bits per heavy atom. The van der Waals surface area contributed by atoms with Crippen LogP contribution < -0.4 is 14.8 Å². The molecule has 4 heteroatoms. The molecule has 1 aromatic carbocycles. The van der Waals surface area contributed by atoms with E-state index in [1.807, 2.05) is 12.1 Å². The summed E-state index contributed by atoms with van der Waals surface area (Å²) < 4.78 is 11.2. The molecule has 0 aromatic heterocycles. The van der Waals surface area contributed by atoms with Crippen LogP contribution in [0.15, 0.2) is 12.1 Å². The molecule has 1 rings (SSSR count). The summed E-state index contributed by atoms with van der Waals surface area (Å²) in [5.74, 6) is 2.06. The fraction of sp³-hybridized carbons (Fsp3) is 0.647. The zero-order valence-electron chi connectivity index (χ0n) is 13.7. The molecular formula is C17H28ClNO2. The first-order chi connectivity index (χ1) is 10.1. The van der Waals surface area contributed by atoms with Gasteiger partial charge in [0.2, 0.25) is 0 Å². The van der Waals surface area contributed by atoms with Crippen molar-refractivity contribution in [1.82, 2.24) is 5.32 Å². The van der Waals surface area contributed by atoms with Gasteiger partial charge in [-0.3, -0.25) is 0 Å². The van der Waals surface area contributed by atoms with Crippen LogP contribution in [0.5, 0.6) is 11.5 Å². The van der Waals surface area contributed by atoms with Gasteiger partial charge in [0.05, 0.1) is 18.7 Å². The maximum absolute atomic E-state index is 6.33. The number of benzene rings is 1. The fourth-order valence-electron chi connectivity index (χ4n) is 2.09. The van der Waals surface area contributed by atoms with E-state index in [-0.39, 0.29) is 0 Å². The van der Waals surface area contributed by atoms with Crippen LogP contribution in [-0.2, 0) is 6.54 Å². The molecule has 21 heavy (non-hydrogen) atoms. The Hall–Kier alpha value is -0.930. The van der Waals surface area contributed by atoms with Crippen molar-refractivity contribution in [2.75, 3.05) is 20.3 Å². The van der Waals surface area contributed by atoms with Crippen molar-refractivity contribution < 1.29 is 9.47 Å². The third-order valence-corrected chi connectivity index (χ3v) is 3.50. The highest BCUT2D eigenvalue weighted by Crippen LogP contribution is 2.36. The number of halogens is 1. The number of rotatable bonds is 10. The molecule has 0 amide bonds. The zero-order valence-corrected chi connectivity index (χ0v) is 14.4. The average molecular weight is 314 g/mol. The minimum atomic E-state index is 0.618. The standard InChI is InChI=1S/C17H28ClNO2/c1-5-8-19-12-14-10-15(18)17(16(11-14)20-4)21-9-6-7-13(2)3/h10-11,13,19H,5-9,12H2,1-4H3. The van der Waals surface area contributed by atoms with Crippen LogP contribution >= 0.6 is 11.6 Å². The summed E-state index contributed by atoms with van der Waals surface area (Å²) in [5, 5.41) is 3.98. The molecular weight excluding hydrogens is 286 g/mol. The van der Waals surface area contributed by atoms with E-state index in [0.717, 1.165) is 37.9 Å². The van der Waals surface area contributed by atoms with Crippen LogP contribution in [0.3, 0.4) is 0 Å². The first kappa shape index (κ1) is 18.1. The number of nitrogens with one attached hydrogen (secondary N) is 1. The molecule has 0 radical (unpaired) electrons. The van der Waals surface area contributed by atoms with Gasteiger partial charge in [0, 0.05) is 6.54 Å². The lowest BCUT2D eigenvalue weighted by molar-refractivity contribution is 0.279. The van der Waals surface area contributed by atoms with Crippen LogP contribution in [0, 0.1) is 5.92 Å². The average Bonchev–Trinajstić information content (AvgIpc) is 2.44. The topological polar surface area (TPSA) is 30.5 Å². The van der Waals surface area contributed by atoms with Gasteiger partial charge in [0.25, 0.3) is 0 Å². The molecule has 0 saturated carbocycles. The van der Waals surface area contributed by atoms with Gasteiger partial charge >= 0.3 is 0 Å². The molecule has 0 saturated heterocycles. The third kappa shape index (κ3) is 6.58. The largest absolute Gasteiger partial charge is 0.493 e. The van der Waals surface area contributed by atoms with Crippen LogP contribution in [0.1, 0.15) is 45.6 Å². The van der Waals surface area contributed by atoms with Gasteiger partial charge in [-0.1, -0.05) is 32.4 Å². The van der Waals surface area contributed by atoms with Gasteiger partial charge in [0.15, 0.2) is 11.5 Å². The Kier molecular flexibility index (Phi) is 8.55. The highest BCUT2D eigenvalue weighted by Gasteiger charge is 2.12. The second-order valence-electron chi connectivity index (χ2n) is 5.67. The predicted octanol–water partition coefficient (Wildman–Crippen LogP) is 4.66. The molecule has 0 unspecified atom stereocenters. The molecule has 0 fully saturated rings. The molecule has 0 heterocycles. The first-order valence-electron chi connectivity index (χ1n) is 7.78. The number of ether oxygens (including phenoxy) is 2. The zero-order chi connectivity index (χ0) is 15.7. The van der Waals surface area contributed by atoms with Crippen molar-refractivity contribution in [2.24, 2.45) is 5.92 Å². The summed E-state index contributed by atoms with van der Waals surface area (Å²) in [6.07, 6.45) is 3.29. The number of hydrogen-bond acceptors (Lipinski definition) is 3. The maximum Gasteiger partial charge on any atom is 0.179 e. The SMILES string of the molecule is CCCNCc1cc(Cl)c(OCCCC(C)C)c(OC)c1. The van der Waals surface area contributed by atoms with Crippen molar-refractivity contribution in [1.29, 1.82) is 0 Å². The highest BCUT2D eigenvalue weighted by molar-refractivity contribution is 6.32. The summed E-state index contributed by atoms with van der Waals surface area (Å²) in [5.41, 5.74) is 1.11. The number of hydrogen-bond donors (Lipinski definition) is 1. The Bertz CT molecular complexity index is 421. The molecule has 3 nitrogen and oxygen atoms in total. The Morgan fingerprint density at radius 2 is 2.05 bits per heavy atom. The van der Waals surface area contributed by atoms with E-state index in [1.165, 1.54) is 0 Å². The van der Waals surface area contributed by atoms with Crippen molar-refractivity contribution in [2.45, 2.75) is 46.6 Å². The molecule has 1 N–H and O–H groups in total. The van der Waals surface area contributed by atoms with E-state index in [0.29, 0.717) is 29.0 Å². The van der Waals surface area contributed by atoms with E-state index in [2.05, 4.69) is 26.1 Å². The molecule has 0 aliphatic heterocycles. The van der Waals surface area contributed by atoms with Gasteiger partial charge in [-0.2, -0.15) is 0 Å². The van der Waals surface area contributed by atoms with E-state index in [1.54, 1.807) is 7.11 Å². The minimum absolute atomic E-state index is 0.618. The molecule has 0 atom stereocenters. The molecule has 0 bridgehead atoms. The highest BCUT2D eigenvalue weighted by atomic mass is 35.5. The maximum atomic E-state index is 6.33. The van der Waals surface area contributed by atoms with Crippen LogP contribution in [0.2, 0.25) is 5.02 Å². The van der Waals surface area contributed by atoms with Crippen LogP contribution in [-0.4, -0.2) is 20.3 Å². The molecule has 0 aliphatic rings. The first-order valence-corrected chi connectivity index (χ1v) is 8.16. The van der Waals surface area contributed by atoms with E-state index < -0.39 is 0 Å². The van der Waals surface area contributed by atoms with Crippen molar-refractivity contribution >= 4 is 11.6 Å². The monoisotopic (exact) mass is 313 g/mol. The van der Waals surface area contributed by atoms with E-state index in [9.17, 15) is 0 Å². The lowest BCUT2D eigenvalue weighted by atomic mass is 10.1. The summed E-state index contributed by atoms with van der Waals surface area (Å²) >= 11 is 6.33. The van der Waals surface area contributed by atoms with Gasteiger partial charge in [-0.25, -0.2) is 0 Å². The Morgan fingerprint density at radius 3 is 2.67 bits per heavy atom. The number of methoxy groups -OCH3 is 1. The smallest absolute Gasteiger partial charge is 0.179 e. The second-order valence-corrected chi connectivity index (χ2v) is 6.08.